The van der Waals surface area contributed by atoms with Crippen LogP contribution in [0.25, 0.3) is 0 Å². The van der Waals surface area contributed by atoms with Crippen molar-refractivity contribution in [2.75, 3.05) is 18.8 Å². The molecule has 1 fully saturated rings. The Hall–Kier alpha value is -2.75. The van der Waals surface area contributed by atoms with Crippen LogP contribution in [0, 0.1) is 6.92 Å². The van der Waals surface area contributed by atoms with Gasteiger partial charge in [0.2, 0.25) is 5.91 Å². The summed E-state index contributed by atoms with van der Waals surface area (Å²) in [5.41, 5.74) is 2.96. The van der Waals surface area contributed by atoms with E-state index >= 15 is 0 Å². The van der Waals surface area contributed by atoms with Crippen molar-refractivity contribution in [3.63, 3.8) is 0 Å². The first-order valence-corrected chi connectivity index (χ1v) is 13.2. The van der Waals surface area contributed by atoms with Gasteiger partial charge in [0.05, 0.1) is 23.5 Å². The Labute approximate surface area is 206 Å². The molecule has 2 amide bonds. The van der Waals surface area contributed by atoms with Gasteiger partial charge in [-0.2, -0.15) is 0 Å². The highest BCUT2D eigenvalue weighted by molar-refractivity contribution is 8.01. The fourth-order valence-corrected chi connectivity index (χ4v) is 6.83. The second kappa shape index (κ2) is 9.48. The van der Waals surface area contributed by atoms with E-state index in [-0.39, 0.29) is 11.8 Å². The van der Waals surface area contributed by atoms with Crippen molar-refractivity contribution < 1.29 is 14.7 Å². The number of aryl methyl sites for hydroxylation is 1. The predicted molar refractivity (Wildman–Crippen MR) is 132 cm³/mol. The second-order valence-electron chi connectivity index (χ2n) is 8.81. The Bertz CT molecular complexity index is 1190. The molecule has 2 aromatic heterocycles. The number of aliphatic hydroxyl groups excluding tert-OH is 1. The molecule has 5 rings (SSSR count). The van der Waals surface area contributed by atoms with Crippen LogP contribution in [0.5, 0.6) is 0 Å². The number of rotatable bonds is 5. The highest BCUT2D eigenvalue weighted by Gasteiger charge is 2.53. The number of aromatic nitrogens is 2. The maximum absolute atomic E-state index is 12.8. The maximum atomic E-state index is 12.8. The van der Waals surface area contributed by atoms with E-state index in [0.717, 1.165) is 21.2 Å². The molecule has 3 heterocycles. The minimum absolute atomic E-state index is 0.0925. The number of nitrogens with one attached hydrogen (secondary N) is 1. The first-order valence-electron chi connectivity index (χ1n) is 11.3. The number of nitrogens with zero attached hydrogens (tertiary/aromatic N) is 3. The van der Waals surface area contributed by atoms with Crippen LogP contribution in [-0.4, -0.2) is 56.7 Å². The predicted octanol–water partition coefficient (Wildman–Crippen LogP) is 3.34. The third kappa shape index (κ3) is 4.23. The summed E-state index contributed by atoms with van der Waals surface area (Å²) in [5.74, 6) is 0.198. The quantitative estimate of drug-likeness (QED) is 0.528. The zero-order chi connectivity index (χ0) is 23.7. The summed E-state index contributed by atoms with van der Waals surface area (Å²) in [4.78, 5) is 36.0. The number of amides is 2. The molecule has 7 nitrogen and oxygen atoms in total. The summed E-state index contributed by atoms with van der Waals surface area (Å²) in [6, 6.07) is 10.9. The van der Waals surface area contributed by atoms with Crippen molar-refractivity contribution in [2.45, 2.75) is 41.7 Å². The summed E-state index contributed by atoms with van der Waals surface area (Å²) in [5, 5.41) is 16.5. The number of carbonyl (C=O) groups excluding carboxylic acids is 2. The molecule has 3 aromatic rings. The average Bonchev–Trinajstić information content (AvgIpc) is 3.39. The molecule has 2 atom stereocenters. The zero-order valence-corrected chi connectivity index (χ0v) is 20.4. The number of hydrogen-bond acceptors (Lipinski definition) is 7. The molecule has 34 heavy (non-hydrogen) atoms. The van der Waals surface area contributed by atoms with Crippen LogP contribution in [0.4, 0.5) is 0 Å². The molecule has 176 valence electrons. The Morgan fingerprint density at radius 3 is 2.74 bits per heavy atom. The van der Waals surface area contributed by atoms with Crippen molar-refractivity contribution in [1.29, 1.82) is 0 Å². The molecule has 2 aliphatic rings. The molecule has 1 aliphatic carbocycles. The summed E-state index contributed by atoms with van der Waals surface area (Å²) in [7, 11) is 0. The lowest BCUT2D eigenvalue weighted by atomic mass is 9.72. The van der Waals surface area contributed by atoms with Crippen LogP contribution in [-0.2, 0) is 10.2 Å². The van der Waals surface area contributed by atoms with Crippen LogP contribution in [0.15, 0.2) is 58.5 Å². The summed E-state index contributed by atoms with van der Waals surface area (Å²) in [6.45, 7) is 3.10. The molecule has 0 unspecified atom stereocenters. The van der Waals surface area contributed by atoms with Crippen molar-refractivity contribution in [3.8, 4) is 0 Å². The first kappa shape index (κ1) is 23.0. The van der Waals surface area contributed by atoms with Crippen molar-refractivity contribution >= 4 is 34.9 Å². The van der Waals surface area contributed by atoms with Crippen LogP contribution < -0.4 is 5.32 Å². The third-order valence-corrected chi connectivity index (χ3v) is 8.97. The number of thiazole rings is 1. The van der Waals surface area contributed by atoms with E-state index in [2.05, 4.69) is 15.3 Å². The van der Waals surface area contributed by atoms with Gasteiger partial charge in [-0.15, -0.1) is 11.3 Å². The summed E-state index contributed by atoms with van der Waals surface area (Å²) in [6.07, 6.45) is 3.68. The molecule has 1 aliphatic heterocycles. The van der Waals surface area contributed by atoms with Crippen molar-refractivity contribution in [1.82, 2.24) is 20.2 Å². The number of hydrogen-bond donors (Lipinski definition) is 2. The van der Waals surface area contributed by atoms with Gasteiger partial charge in [-0.25, -0.2) is 4.98 Å². The molecule has 0 bridgehead atoms. The standard InChI is InChI=1S/C25H26N4O3S2/c1-16-14-33-24(27-16)34-15-20(30)29-11-8-25(9-12-29)19-7-3-2-6-18(19)21(22(25)31)28-23(32)17-5-4-10-26-13-17/h2-7,10,13-14,21-22,31H,8-9,11-12,15H2,1H3,(H,28,32)/t21-,22+/m1/s1. The van der Waals surface area contributed by atoms with E-state index in [1.807, 2.05) is 41.5 Å². The topological polar surface area (TPSA) is 95.4 Å². The number of carbonyl (C=O) groups is 2. The zero-order valence-electron chi connectivity index (χ0n) is 18.8. The van der Waals surface area contributed by atoms with Gasteiger partial charge in [-0.1, -0.05) is 36.0 Å². The van der Waals surface area contributed by atoms with Crippen LogP contribution >= 0.6 is 23.1 Å². The van der Waals surface area contributed by atoms with E-state index in [1.54, 1.807) is 29.7 Å². The number of piperidine rings is 1. The summed E-state index contributed by atoms with van der Waals surface area (Å²) < 4.78 is 0.909. The molecule has 2 N–H and O–H groups in total. The molecule has 1 saturated heterocycles. The highest BCUT2D eigenvalue weighted by Crippen LogP contribution is 2.51. The van der Waals surface area contributed by atoms with Gasteiger partial charge in [-0.05, 0) is 43.0 Å². The summed E-state index contributed by atoms with van der Waals surface area (Å²) >= 11 is 3.03. The Morgan fingerprint density at radius 2 is 2.03 bits per heavy atom. The lowest BCUT2D eigenvalue weighted by Crippen LogP contribution is -2.51. The van der Waals surface area contributed by atoms with Crippen LogP contribution in [0.1, 0.15) is 46.1 Å². The fraction of sp³-hybridized carbons (Fsp3) is 0.360. The molecule has 1 spiro atoms. The van der Waals surface area contributed by atoms with E-state index < -0.39 is 17.6 Å². The average molecular weight is 495 g/mol. The van der Waals surface area contributed by atoms with Gasteiger partial charge in [0.25, 0.3) is 5.91 Å². The van der Waals surface area contributed by atoms with Gasteiger partial charge < -0.3 is 15.3 Å². The Balaban J connectivity index is 1.29. The number of fused-ring (bicyclic) bond motifs is 2. The minimum Gasteiger partial charge on any atom is -0.390 e. The Kier molecular flexibility index (Phi) is 6.42. The normalized spacial score (nSPS) is 20.8. The van der Waals surface area contributed by atoms with Crippen molar-refractivity contribution in [2.24, 2.45) is 0 Å². The molecule has 0 radical (unpaired) electrons. The number of benzene rings is 1. The minimum atomic E-state index is -0.768. The number of pyridine rings is 1. The first-order chi connectivity index (χ1) is 16.5. The lowest BCUT2D eigenvalue weighted by Gasteiger charge is -2.42. The third-order valence-electron chi connectivity index (χ3n) is 6.85. The van der Waals surface area contributed by atoms with Gasteiger partial charge in [0.1, 0.15) is 0 Å². The molecular formula is C25H26N4O3S2. The highest BCUT2D eigenvalue weighted by atomic mass is 32.2. The lowest BCUT2D eigenvalue weighted by molar-refractivity contribution is -0.130. The maximum Gasteiger partial charge on any atom is 0.253 e. The monoisotopic (exact) mass is 494 g/mol. The molecule has 9 heteroatoms. The van der Waals surface area contributed by atoms with Crippen molar-refractivity contribution in [3.05, 3.63) is 76.6 Å². The number of aliphatic hydroxyl groups is 1. The molecule has 0 saturated carbocycles. The molecular weight excluding hydrogens is 468 g/mol. The SMILES string of the molecule is Cc1csc(SCC(=O)N2CCC3(CC2)c2ccccc2[C@@H](NC(=O)c2cccnc2)[C@@H]3O)n1. The fourth-order valence-electron chi connectivity index (χ4n) is 5.08. The second-order valence-corrected chi connectivity index (χ2v) is 10.9. The van der Waals surface area contributed by atoms with Gasteiger partial charge >= 0.3 is 0 Å². The largest absolute Gasteiger partial charge is 0.390 e. The Morgan fingerprint density at radius 1 is 1.24 bits per heavy atom. The van der Waals surface area contributed by atoms with Gasteiger partial charge in [0, 0.05) is 42.0 Å². The van der Waals surface area contributed by atoms with Gasteiger partial charge in [0.15, 0.2) is 4.34 Å². The van der Waals surface area contributed by atoms with Gasteiger partial charge in [-0.3, -0.25) is 14.6 Å². The van der Waals surface area contributed by atoms with E-state index in [0.29, 0.717) is 37.2 Å². The number of thioether (sulfide) groups is 1. The molecule has 1 aromatic carbocycles. The van der Waals surface area contributed by atoms with Crippen LogP contribution in [0.3, 0.4) is 0 Å². The van der Waals surface area contributed by atoms with E-state index in [9.17, 15) is 14.7 Å². The smallest absolute Gasteiger partial charge is 0.253 e. The van der Waals surface area contributed by atoms with E-state index in [1.165, 1.54) is 18.0 Å². The number of likely N-dealkylation sites (tertiary alicyclic amines) is 1. The van der Waals surface area contributed by atoms with E-state index in [4.69, 9.17) is 0 Å². The van der Waals surface area contributed by atoms with Crippen LogP contribution in [0.2, 0.25) is 0 Å².